The first kappa shape index (κ1) is 26.7. The molecular weight excluding hydrogens is 537 g/mol. The number of nitrogens with one attached hydrogen (secondary N) is 2. The van der Waals surface area contributed by atoms with Crippen LogP contribution in [0.5, 0.6) is 0 Å². The predicted octanol–water partition coefficient (Wildman–Crippen LogP) is 0.176. The van der Waals surface area contributed by atoms with E-state index in [0.717, 1.165) is 29.2 Å². The fourth-order valence-electron chi connectivity index (χ4n) is 3.03. The Morgan fingerprint density at radius 1 is 1.36 bits per heavy atom. The van der Waals surface area contributed by atoms with Crippen molar-refractivity contribution in [3.8, 4) is 0 Å². The molecular formula is C17H15F3N6O8S2. The van der Waals surface area contributed by atoms with Crippen LogP contribution in [0.3, 0.4) is 0 Å². The van der Waals surface area contributed by atoms with Gasteiger partial charge in [0.25, 0.3) is 5.91 Å². The molecule has 1 unspecified atom stereocenters. The second-order valence-corrected chi connectivity index (χ2v) is 8.96. The Morgan fingerprint density at radius 2 is 2.06 bits per heavy atom. The van der Waals surface area contributed by atoms with Crippen molar-refractivity contribution in [3.05, 3.63) is 22.3 Å². The minimum Gasteiger partial charge on any atom is -0.477 e. The van der Waals surface area contributed by atoms with Crippen molar-refractivity contribution >= 4 is 63.7 Å². The number of anilines is 1. The van der Waals surface area contributed by atoms with E-state index in [0.29, 0.717) is 11.3 Å². The van der Waals surface area contributed by atoms with Crippen LogP contribution in [0.15, 0.2) is 21.8 Å². The molecule has 0 saturated carbocycles. The zero-order chi connectivity index (χ0) is 26.8. The van der Waals surface area contributed by atoms with Gasteiger partial charge in [-0.05, 0) is 0 Å². The Kier molecular flexibility index (Phi) is 7.72. The minimum absolute atomic E-state index is 0.0227. The molecule has 2 aliphatic heterocycles. The molecule has 36 heavy (non-hydrogen) atoms. The Hall–Kier alpha value is -3.87. The van der Waals surface area contributed by atoms with Gasteiger partial charge in [0.15, 0.2) is 10.8 Å². The van der Waals surface area contributed by atoms with Crippen LogP contribution in [0.1, 0.15) is 12.1 Å². The Morgan fingerprint density at radius 3 is 2.61 bits per heavy atom. The molecule has 194 valence electrons. The topological polar surface area (TPSA) is 203 Å². The number of halogens is 3. The molecule has 0 radical (unpaired) electrons. The molecule has 4 amide bonds. The summed E-state index contributed by atoms with van der Waals surface area (Å²) in [5.74, 6) is -5.30. The summed E-state index contributed by atoms with van der Waals surface area (Å²) in [6, 6.07) is 0. The number of β-lactam (4-membered cyclic amide) rings is 1. The van der Waals surface area contributed by atoms with Crippen molar-refractivity contribution in [1.82, 2.24) is 15.2 Å². The van der Waals surface area contributed by atoms with Crippen molar-refractivity contribution < 1.29 is 51.8 Å². The predicted molar refractivity (Wildman–Crippen MR) is 115 cm³/mol. The number of fused-ring (bicyclic) bond motifs is 1. The van der Waals surface area contributed by atoms with Crippen LogP contribution in [0, 0.1) is 0 Å². The number of nitrogens with zero attached hydrogens (tertiary/aromatic N) is 3. The Labute approximate surface area is 206 Å². The molecule has 1 fully saturated rings. The third kappa shape index (κ3) is 5.67. The summed E-state index contributed by atoms with van der Waals surface area (Å²) in [4.78, 5) is 68.4. The zero-order valence-electron chi connectivity index (χ0n) is 17.8. The molecule has 0 bridgehead atoms. The van der Waals surface area contributed by atoms with E-state index in [1.165, 1.54) is 5.32 Å². The lowest BCUT2D eigenvalue weighted by Gasteiger charge is -2.46. The highest BCUT2D eigenvalue weighted by atomic mass is 32.2. The number of primary amides is 1. The standard InChI is InChI=1S/C17H15F3N6O8S2/c1-33-25-9(6-4-35-16(22-6)24-14(31)17(18,19)20)11(28)23-12-5(3-34-15(21)32)10(13(29)30)26-7(27)2-8(26)36-12/h4,8,12H,2-3H2,1H3,(H2,21,32)(H,23,28)(H,29,30)(H,22,24,31)/t8-,12?/m1/s1. The van der Waals surface area contributed by atoms with Crippen LogP contribution < -0.4 is 16.4 Å². The summed E-state index contributed by atoms with van der Waals surface area (Å²) in [5.41, 5.74) is 3.49. The number of ether oxygens (including phenoxy) is 1. The first-order chi connectivity index (χ1) is 16.8. The maximum Gasteiger partial charge on any atom is 0.471 e. The van der Waals surface area contributed by atoms with Gasteiger partial charge in [0.1, 0.15) is 30.5 Å². The SMILES string of the molecule is CON=C(C(=O)NC1S[C@@H]2CC(=O)N2C(C(=O)O)=C1COC(N)=O)c1csc(NC(=O)C(F)(F)F)n1. The number of amides is 4. The number of hydrogen-bond donors (Lipinski definition) is 4. The van der Waals surface area contributed by atoms with Crippen molar-refractivity contribution in [1.29, 1.82) is 0 Å². The third-order valence-corrected chi connectivity index (χ3v) is 6.64. The summed E-state index contributed by atoms with van der Waals surface area (Å²) in [7, 11) is 1.08. The molecule has 0 spiro atoms. The Bertz CT molecular complexity index is 1180. The molecule has 3 rings (SSSR count). The van der Waals surface area contributed by atoms with Gasteiger partial charge < -0.3 is 25.7 Å². The largest absolute Gasteiger partial charge is 0.477 e. The number of thiazole rings is 1. The highest BCUT2D eigenvalue weighted by Gasteiger charge is 2.49. The van der Waals surface area contributed by atoms with E-state index in [1.54, 1.807) is 0 Å². The molecule has 0 aromatic carbocycles. The number of carboxylic acids is 1. The zero-order valence-corrected chi connectivity index (χ0v) is 19.5. The summed E-state index contributed by atoms with van der Waals surface area (Å²) in [5, 5.41) is 16.0. The smallest absolute Gasteiger partial charge is 0.471 e. The van der Waals surface area contributed by atoms with Crippen molar-refractivity contribution in [2.24, 2.45) is 10.9 Å². The van der Waals surface area contributed by atoms with Crippen LogP contribution in [-0.4, -0.2) is 81.1 Å². The van der Waals surface area contributed by atoms with Crippen LogP contribution in [-0.2, 0) is 28.8 Å². The normalized spacial score (nSPS) is 19.7. The quantitative estimate of drug-likeness (QED) is 0.196. The summed E-state index contributed by atoms with van der Waals surface area (Å²) < 4.78 is 42.1. The van der Waals surface area contributed by atoms with Gasteiger partial charge in [-0.3, -0.25) is 24.6 Å². The van der Waals surface area contributed by atoms with Crippen LogP contribution in [0.25, 0.3) is 0 Å². The maximum absolute atomic E-state index is 13.0. The van der Waals surface area contributed by atoms with Gasteiger partial charge in [-0.25, -0.2) is 14.6 Å². The first-order valence-electron chi connectivity index (χ1n) is 9.45. The molecule has 3 heterocycles. The average Bonchev–Trinajstić information content (AvgIpc) is 3.22. The van der Waals surface area contributed by atoms with E-state index in [-0.39, 0.29) is 17.7 Å². The summed E-state index contributed by atoms with van der Waals surface area (Å²) in [6.45, 7) is -0.674. The lowest BCUT2D eigenvalue weighted by atomic mass is 10.1. The van der Waals surface area contributed by atoms with Crippen LogP contribution in [0.2, 0.25) is 0 Å². The molecule has 5 N–H and O–H groups in total. The number of carbonyl (C=O) groups is 5. The van der Waals surface area contributed by atoms with Gasteiger partial charge in [-0.1, -0.05) is 5.16 Å². The fraction of sp³-hybridized carbons (Fsp3) is 0.353. The molecule has 14 nitrogen and oxygen atoms in total. The number of alkyl halides is 3. The van der Waals surface area contributed by atoms with Crippen molar-refractivity contribution in [3.63, 3.8) is 0 Å². The van der Waals surface area contributed by atoms with E-state index in [1.807, 2.05) is 0 Å². The average molecular weight is 552 g/mol. The maximum atomic E-state index is 13.0. The van der Waals surface area contributed by atoms with E-state index >= 15 is 0 Å². The van der Waals surface area contributed by atoms with Gasteiger partial charge in [0.2, 0.25) is 5.91 Å². The van der Waals surface area contributed by atoms with Crippen LogP contribution >= 0.6 is 23.1 Å². The van der Waals surface area contributed by atoms with Crippen molar-refractivity contribution in [2.45, 2.75) is 23.3 Å². The van der Waals surface area contributed by atoms with E-state index < -0.39 is 69.9 Å². The summed E-state index contributed by atoms with van der Waals surface area (Å²) >= 11 is 1.54. The number of thioether (sulfide) groups is 1. The van der Waals surface area contributed by atoms with E-state index in [2.05, 4.69) is 20.3 Å². The summed E-state index contributed by atoms with van der Waals surface area (Å²) in [6.07, 6.45) is -6.43. The minimum atomic E-state index is -5.17. The number of oxime groups is 1. The second kappa shape index (κ2) is 10.4. The highest BCUT2D eigenvalue weighted by molar-refractivity contribution is 8.00. The monoisotopic (exact) mass is 552 g/mol. The first-order valence-corrected chi connectivity index (χ1v) is 11.3. The molecule has 2 atom stereocenters. The number of hydrogen-bond acceptors (Lipinski definition) is 11. The molecule has 1 aromatic heterocycles. The van der Waals surface area contributed by atoms with Gasteiger partial charge in [-0.15, -0.1) is 23.1 Å². The number of carboxylic acid groups (broad SMARTS) is 1. The third-order valence-electron chi connectivity index (χ3n) is 4.52. The molecule has 19 heteroatoms. The lowest BCUT2D eigenvalue weighted by molar-refractivity contribution is -0.167. The number of carbonyl (C=O) groups excluding carboxylic acids is 4. The lowest BCUT2D eigenvalue weighted by Crippen LogP contribution is -2.58. The van der Waals surface area contributed by atoms with Crippen LogP contribution in [0.4, 0.5) is 23.1 Å². The molecule has 1 saturated heterocycles. The molecule has 2 aliphatic rings. The van der Waals surface area contributed by atoms with E-state index in [4.69, 9.17) is 10.5 Å². The van der Waals surface area contributed by atoms with Gasteiger partial charge in [-0.2, -0.15) is 13.2 Å². The van der Waals surface area contributed by atoms with Crippen molar-refractivity contribution in [2.75, 3.05) is 19.0 Å². The molecule has 1 aromatic rings. The van der Waals surface area contributed by atoms with Gasteiger partial charge >= 0.3 is 24.1 Å². The Balaban J connectivity index is 1.88. The highest BCUT2D eigenvalue weighted by Crippen LogP contribution is 2.43. The number of rotatable bonds is 8. The molecule has 0 aliphatic carbocycles. The van der Waals surface area contributed by atoms with Gasteiger partial charge in [0, 0.05) is 11.0 Å². The van der Waals surface area contributed by atoms with E-state index in [9.17, 15) is 42.3 Å². The number of aromatic nitrogens is 1. The number of aliphatic carboxylic acids is 1. The van der Waals surface area contributed by atoms with Gasteiger partial charge in [0.05, 0.1) is 11.8 Å². The second-order valence-electron chi connectivity index (χ2n) is 6.81. The number of nitrogens with two attached hydrogens (primary N) is 1. The fourth-order valence-corrected chi connectivity index (χ4v) is 5.14.